The van der Waals surface area contributed by atoms with Crippen LogP contribution in [-0.2, 0) is 18.3 Å². The first kappa shape index (κ1) is 17.2. The van der Waals surface area contributed by atoms with Gasteiger partial charge in [0.25, 0.3) is 0 Å². The second kappa shape index (κ2) is 7.20. The van der Waals surface area contributed by atoms with Crippen molar-refractivity contribution in [3.05, 3.63) is 39.7 Å². The summed E-state index contributed by atoms with van der Waals surface area (Å²) < 4.78 is 0. The number of fused-ring (bicyclic) bond motifs is 1. The van der Waals surface area contributed by atoms with E-state index in [2.05, 4.69) is 42.7 Å². The molecule has 1 aromatic carbocycles. The number of hydrogen-bond donors (Lipinski definition) is 1. The van der Waals surface area contributed by atoms with Gasteiger partial charge >= 0.3 is 0 Å². The second-order valence-corrected chi connectivity index (χ2v) is 9.43. The summed E-state index contributed by atoms with van der Waals surface area (Å²) >= 11 is 1.85. The number of benzene rings is 1. The molecule has 0 bridgehead atoms. The van der Waals surface area contributed by atoms with E-state index in [1.54, 1.807) is 5.56 Å². The summed E-state index contributed by atoms with van der Waals surface area (Å²) in [5.41, 5.74) is 5.90. The summed E-state index contributed by atoms with van der Waals surface area (Å²) in [7, 11) is 0. The molecule has 0 spiro atoms. The molecule has 1 unspecified atom stereocenters. The predicted octanol–water partition coefficient (Wildman–Crippen LogP) is 5.36. The fourth-order valence-electron chi connectivity index (χ4n) is 4.56. The number of nitrogens with one attached hydrogen (secondary N) is 1. The van der Waals surface area contributed by atoms with Gasteiger partial charge in [-0.1, -0.05) is 26.0 Å². The Morgan fingerprint density at radius 2 is 2.12 bits per heavy atom. The van der Waals surface area contributed by atoms with Gasteiger partial charge in [-0.05, 0) is 80.1 Å². The van der Waals surface area contributed by atoms with Crippen LogP contribution in [0, 0.1) is 5.92 Å². The highest BCUT2D eigenvalue weighted by molar-refractivity contribution is 7.09. The Labute approximate surface area is 156 Å². The Hall–Kier alpha value is -1.19. The van der Waals surface area contributed by atoms with Crippen molar-refractivity contribution < 1.29 is 0 Å². The molecular weight excluding hydrogens is 324 g/mol. The normalized spacial score (nSPS) is 23.0. The molecule has 1 aromatic heterocycles. The van der Waals surface area contributed by atoms with Crippen molar-refractivity contribution in [1.29, 1.82) is 0 Å². The second-order valence-electron chi connectivity index (χ2n) is 8.49. The lowest BCUT2D eigenvalue weighted by Crippen LogP contribution is -2.23. The lowest BCUT2D eigenvalue weighted by Gasteiger charge is -2.32. The molecule has 4 rings (SSSR count). The van der Waals surface area contributed by atoms with Crippen molar-refractivity contribution in [3.8, 4) is 11.3 Å². The van der Waals surface area contributed by atoms with Gasteiger partial charge in [0.15, 0.2) is 0 Å². The van der Waals surface area contributed by atoms with Gasteiger partial charge in [-0.3, -0.25) is 0 Å². The average Bonchev–Trinajstić information content (AvgIpc) is 2.90. The first-order valence-electron chi connectivity index (χ1n) is 9.91. The number of aryl methyl sites for hydroxylation is 1. The number of rotatable bonds is 3. The summed E-state index contributed by atoms with van der Waals surface area (Å²) in [6.07, 6.45) is 8.93. The minimum Gasteiger partial charge on any atom is -0.317 e. The maximum Gasteiger partial charge on any atom is 0.0935 e. The third-order valence-electron chi connectivity index (χ3n) is 6.09. The molecule has 2 aliphatic rings. The standard InChI is InChI=1S/C22H30N2S/c1-22(2)10-3-6-17-14-18(7-8-19(17)22)20-15-25-21(24-20)13-16-5-4-11-23-12-9-16/h7-8,14-16,23H,3-6,9-13H2,1-2H3. The molecule has 0 radical (unpaired) electrons. The number of aromatic nitrogens is 1. The van der Waals surface area contributed by atoms with Gasteiger partial charge < -0.3 is 5.32 Å². The summed E-state index contributed by atoms with van der Waals surface area (Å²) in [5, 5.41) is 7.10. The van der Waals surface area contributed by atoms with Crippen LogP contribution in [0.1, 0.15) is 62.1 Å². The van der Waals surface area contributed by atoms with E-state index in [4.69, 9.17) is 4.98 Å². The summed E-state index contributed by atoms with van der Waals surface area (Å²) in [4.78, 5) is 4.99. The van der Waals surface area contributed by atoms with Crippen LogP contribution in [0.5, 0.6) is 0 Å². The Kier molecular flexibility index (Phi) is 4.97. The van der Waals surface area contributed by atoms with E-state index in [1.165, 1.54) is 73.4 Å². The predicted molar refractivity (Wildman–Crippen MR) is 107 cm³/mol. The van der Waals surface area contributed by atoms with Crippen molar-refractivity contribution in [1.82, 2.24) is 10.3 Å². The largest absolute Gasteiger partial charge is 0.317 e. The summed E-state index contributed by atoms with van der Waals surface area (Å²) in [6, 6.07) is 7.06. The third-order valence-corrected chi connectivity index (χ3v) is 6.96. The number of hydrogen-bond acceptors (Lipinski definition) is 3. The van der Waals surface area contributed by atoms with Gasteiger partial charge in [-0.2, -0.15) is 0 Å². The molecule has 25 heavy (non-hydrogen) atoms. The van der Waals surface area contributed by atoms with Crippen molar-refractivity contribution in [3.63, 3.8) is 0 Å². The minimum atomic E-state index is 0.326. The van der Waals surface area contributed by atoms with Gasteiger partial charge in [-0.25, -0.2) is 4.98 Å². The minimum absolute atomic E-state index is 0.326. The molecule has 134 valence electrons. The van der Waals surface area contributed by atoms with E-state index in [9.17, 15) is 0 Å². The van der Waals surface area contributed by atoms with Crippen LogP contribution < -0.4 is 5.32 Å². The van der Waals surface area contributed by atoms with Gasteiger partial charge in [0, 0.05) is 17.4 Å². The Morgan fingerprint density at radius 3 is 3.04 bits per heavy atom. The zero-order chi connectivity index (χ0) is 17.3. The molecule has 1 atom stereocenters. The number of nitrogens with zero attached hydrogens (tertiary/aromatic N) is 1. The highest BCUT2D eigenvalue weighted by atomic mass is 32.1. The molecule has 3 heteroatoms. The zero-order valence-corrected chi connectivity index (χ0v) is 16.4. The highest BCUT2D eigenvalue weighted by Gasteiger charge is 2.27. The van der Waals surface area contributed by atoms with Gasteiger partial charge in [0.05, 0.1) is 10.7 Å². The smallest absolute Gasteiger partial charge is 0.0935 e. The fourth-order valence-corrected chi connectivity index (χ4v) is 5.47. The Balaban J connectivity index is 1.52. The maximum absolute atomic E-state index is 4.99. The molecule has 2 heterocycles. The van der Waals surface area contributed by atoms with E-state index in [-0.39, 0.29) is 0 Å². The van der Waals surface area contributed by atoms with E-state index in [1.807, 2.05) is 11.3 Å². The van der Waals surface area contributed by atoms with E-state index < -0.39 is 0 Å². The van der Waals surface area contributed by atoms with Gasteiger partial charge in [0.1, 0.15) is 0 Å². The van der Waals surface area contributed by atoms with Crippen molar-refractivity contribution in [2.24, 2.45) is 5.92 Å². The summed E-state index contributed by atoms with van der Waals surface area (Å²) in [5.74, 6) is 0.804. The average molecular weight is 355 g/mol. The fraction of sp³-hybridized carbons (Fsp3) is 0.591. The Bertz CT molecular complexity index is 723. The van der Waals surface area contributed by atoms with E-state index >= 15 is 0 Å². The van der Waals surface area contributed by atoms with Crippen molar-refractivity contribution in [2.45, 2.75) is 64.2 Å². The van der Waals surface area contributed by atoms with Gasteiger partial charge in [0.2, 0.25) is 0 Å². The van der Waals surface area contributed by atoms with Crippen LogP contribution in [0.4, 0.5) is 0 Å². The van der Waals surface area contributed by atoms with Gasteiger partial charge in [-0.15, -0.1) is 11.3 Å². The van der Waals surface area contributed by atoms with Crippen LogP contribution in [0.15, 0.2) is 23.6 Å². The van der Waals surface area contributed by atoms with E-state index in [0.29, 0.717) is 5.41 Å². The Morgan fingerprint density at radius 1 is 1.20 bits per heavy atom. The lowest BCUT2D eigenvalue weighted by molar-refractivity contribution is 0.432. The van der Waals surface area contributed by atoms with Crippen LogP contribution in [0.25, 0.3) is 11.3 Å². The van der Waals surface area contributed by atoms with Crippen molar-refractivity contribution >= 4 is 11.3 Å². The topological polar surface area (TPSA) is 24.9 Å². The molecule has 2 nitrogen and oxygen atoms in total. The first-order chi connectivity index (χ1) is 12.1. The molecule has 2 aromatic rings. The van der Waals surface area contributed by atoms with Crippen LogP contribution in [-0.4, -0.2) is 18.1 Å². The maximum atomic E-state index is 4.99. The molecule has 0 amide bonds. The van der Waals surface area contributed by atoms with Crippen LogP contribution >= 0.6 is 11.3 Å². The molecule has 1 saturated heterocycles. The molecule has 1 aliphatic carbocycles. The van der Waals surface area contributed by atoms with Crippen molar-refractivity contribution in [2.75, 3.05) is 13.1 Å². The molecule has 1 N–H and O–H groups in total. The summed E-state index contributed by atoms with van der Waals surface area (Å²) in [6.45, 7) is 7.12. The third kappa shape index (κ3) is 3.83. The van der Waals surface area contributed by atoms with Crippen LogP contribution in [0.3, 0.4) is 0 Å². The monoisotopic (exact) mass is 354 g/mol. The molecule has 1 aliphatic heterocycles. The van der Waals surface area contributed by atoms with E-state index in [0.717, 1.165) is 12.3 Å². The quantitative estimate of drug-likeness (QED) is 0.803. The molecular formula is C22H30N2S. The SMILES string of the molecule is CC1(C)CCCc2cc(-c3csc(CC4CCCNCC4)n3)ccc21. The first-order valence-corrected chi connectivity index (χ1v) is 10.8. The molecule has 1 fully saturated rings. The number of thiazole rings is 1. The van der Waals surface area contributed by atoms with Crippen LogP contribution in [0.2, 0.25) is 0 Å². The highest BCUT2D eigenvalue weighted by Crippen LogP contribution is 2.38. The zero-order valence-electron chi connectivity index (χ0n) is 15.6. The lowest BCUT2D eigenvalue weighted by atomic mass is 9.72. The molecule has 0 saturated carbocycles.